The maximum absolute atomic E-state index is 13.5. The first-order chi connectivity index (χ1) is 11.9. The van der Waals surface area contributed by atoms with Crippen molar-refractivity contribution in [2.45, 2.75) is 12.1 Å². The SMILES string of the molecule is CC(=O)n1c(SCC(=O)c2ccccc2O)nc2cc(F)c(F)cc21. The van der Waals surface area contributed by atoms with Crippen LogP contribution < -0.4 is 0 Å². The molecule has 0 radical (unpaired) electrons. The highest BCUT2D eigenvalue weighted by atomic mass is 32.2. The van der Waals surface area contributed by atoms with Gasteiger partial charge in [0.2, 0.25) is 5.91 Å². The summed E-state index contributed by atoms with van der Waals surface area (Å²) >= 11 is 0.950. The summed E-state index contributed by atoms with van der Waals surface area (Å²) in [6.45, 7) is 1.26. The van der Waals surface area contributed by atoms with Crippen LogP contribution in [0, 0.1) is 11.6 Å². The molecule has 0 aliphatic rings. The number of aromatic hydroxyl groups is 1. The monoisotopic (exact) mass is 362 g/mol. The molecule has 128 valence electrons. The summed E-state index contributed by atoms with van der Waals surface area (Å²) in [6.07, 6.45) is 0. The van der Waals surface area contributed by atoms with Gasteiger partial charge in [0.15, 0.2) is 22.6 Å². The van der Waals surface area contributed by atoms with E-state index in [0.29, 0.717) is 0 Å². The second-order valence-electron chi connectivity index (χ2n) is 5.23. The van der Waals surface area contributed by atoms with Gasteiger partial charge >= 0.3 is 0 Å². The summed E-state index contributed by atoms with van der Waals surface area (Å²) in [5.41, 5.74) is 0.396. The number of carbonyl (C=O) groups is 2. The molecule has 8 heteroatoms. The van der Waals surface area contributed by atoms with E-state index in [2.05, 4.69) is 4.98 Å². The van der Waals surface area contributed by atoms with Crippen LogP contribution in [-0.2, 0) is 0 Å². The van der Waals surface area contributed by atoms with E-state index in [-0.39, 0.29) is 39.0 Å². The van der Waals surface area contributed by atoms with Gasteiger partial charge < -0.3 is 5.11 Å². The molecule has 0 fully saturated rings. The summed E-state index contributed by atoms with van der Waals surface area (Å²) in [7, 11) is 0. The third-order valence-corrected chi connectivity index (χ3v) is 4.46. The van der Waals surface area contributed by atoms with Crippen LogP contribution in [0.5, 0.6) is 5.75 Å². The zero-order valence-corrected chi connectivity index (χ0v) is 13.8. The zero-order valence-electron chi connectivity index (χ0n) is 13.0. The average Bonchev–Trinajstić information content (AvgIpc) is 2.91. The van der Waals surface area contributed by atoms with E-state index in [1.54, 1.807) is 12.1 Å². The maximum Gasteiger partial charge on any atom is 0.230 e. The molecular weight excluding hydrogens is 350 g/mol. The minimum absolute atomic E-state index is 0.0981. The van der Waals surface area contributed by atoms with Crippen molar-refractivity contribution >= 4 is 34.5 Å². The van der Waals surface area contributed by atoms with E-state index >= 15 is 0 Å². The van der Waals surface area contributed by atoms with Crippen LogP contribution in [0.15, 0.2) is 41.6 Å². The van der Waals surface area contributed by atoms with Gasteiger partial charge in [-0.25, -0.2) is 13.8 Å². The van der Waals surface area contributed by atoms with Crippen molar-refractivity contribution < 1.29 is 23.5 Å². The van der Waals surface area contributed by atoms with Crippen molar-refractivity contribution in [2.24, 2.45) is 0 Å². The number of benzene rings is 2. The Morgan fingerprint density at radius 1 is 1.20 bits per heavy atom. The molecule has 0 bridgehead atoms. The zero-order chi connectivity index (χ0) is 18.1. The Kier molecular flexibility index (Phi) is 4.54. The lowest BCUT2D eigenvalue weighted by molar-refractivity contribution is 0.0929. The second kappa shape index (κ2) is 6.64. The summed E-state index contributed by atoms with van der Waals surface area (Å²) in [5, 5.41) is 9.86. The van der Waals surface area contributed by atoms with Gasteiger partial charge in [-0.05, 0) is 12.1 Å². The van der Waals surface area contributed by atoms with Crippen molar-refractivity contribution in [3.8, 4) is 5.75 Å². The van der Waals surface area contributed by atoms with E-state index in [9.17, 15) is 23.5 Å². The van der Waals surface area contributed by atoms with E-state index in [1.807, 2.05) is 0 Å². The fourth-order valence-corrected chi connectivity index (χ4v) is 3.30. The summed E-state index contributed by atoms with van der Waals surface area (Å²) < 4.78 is 28.0. The number of para-hydroxylation sites is 1. The molecule has 3 aromatic rings. The second-order valence-corrected chi connectivity index (χ2v) is 6.18. The third kappa shape index (κ3) is 3.25. The molecule has 0 amide bonds. The van der Waals surface area contributed by atoms with E-state index < -0.39 is 17.5 Å². The number of imidazole rings is 1. The Balaban J connectivity index is 1.93. The third-order valence-electron chi connectivity index (χ3n) is 3.52. The molecule has 0 saturated heterocycles. The van der Waals surface area contributed by atoms with Crippen LogP contribution in [0.3, 0.4) is 0 Å². The predicted molar refractivity (Wildman–Crippen MR) is 89.1 cm³/mol. The molecule has 0 spiro atoms. The number of aromatic nitrogens is 2. The first-order valence-corrected chi connectivity index (χ1v) is 8.19. The number of phenols is 1. The Labute approximate surface area is 145 Å². The number of hydrogen-bond donors (Lipinski definition) is 1. The fraction of sp³-hybridized carbons (Fsp3) is 0.118. The number of halogens is 2. The van der Waals surface area contributed by atoms with Gasteiger partial charge in [0.05, 0.1) is 22.3 Å². The van der Waals surface area contributed by atoms with Crippen LogP contribution in [0.25, 0.3) is 11.0 Å². The highest BCUT2D eigenvalue weighted by Gasteiger charge is 2.19. The fourth-order valence-electron chi connectivity index (χ4n) is 2.37. The molecule has 25 heavy (non-hydrogen) atoms. The number of nitrogens with zero attached hydrogens (tertiary/aromatic N) is 2. The number of thioether (sulfide) groups is 1. The van der Waals surface area contributed by atoms with Gasteiger partial charge in [0.25, 0.3) is 0 Å². The highest BCUT2D eigenvalue weighted by molar-refractivity contribution is 7.99. The lowest BCUT2D eigenvalue weighted by Crippen LogP contribution is -2.09. The Hall–Kier alpha value is -2.74. The quantitative estimate of drug-likeness (QED) is 0.566. The normalized spacial score (nSPS) is 11.0. The van der Waals surface area contributed by atoms with E-state index in [1.165, 1.54) is 19.1 Å². The number of hydrogen-bond acceptors (Lipinski definition) is 5. The van der Waals surface area contributed by atoms with Gasteiger partial charge in [0.1, 0.15) is 5.75 Å². The van der Waals surface area contributed by atoms with Gasteiger partial charge in [0, 0.05) is 19.1 Å². The number of Topliss-reactive ketones (excluding diaryl/α,β-unsaturated/α-hetero) is 1. The Morgan fingerprint density at radius 2 is 1.88 bits per heavy atom. The lowest BCUT2D eigenvalue weighted by Gasteiger charge is -2.05. The molecule has 1 heterocycles. The molecule has 1 aromatic heterocycles. The van der Waals surface area contributed by atoms with Crippen LogP contribution in [0.4, 0.5) is 8.78 Å². The van der Waals surface area contributed by atoms with Gasteiger partial charge in [-0.2, -0.15) is 0 Å². The van der Waals surface area contributed by atoms with Crippen LogP contribution in [0.1, 0.15) is 22.1 Å². The molecule has 1 N–H and O–H groups in total. The molecule has 0 unspecified atom stereocenters. The van der Waals surface area contributed by atoms with Crippen molar-refractivity contribution in [1.29, 1.82) is 0 Å². The molecule has 0 atom stereocenters. The van der Waals surface area contributed by atoms with E-state index in [0.717, 1.165) is 28.5 Å². The number of carbonyl (C=O) groups excluding carboxylic acids is 2. The molecule has 0 saturated carbocycles. The lowest BCUT2D eigenvalue weighted by atomic mass is 10.1. The molecule has 3 rings (SSSR count). The van der Waals surface area contributed by atoms with E-state index in [4.69, 9.17) is 0 Å². The first-order valence-electron chi connectivity index (χ1n) is 7.21. The Bertz CT molecular complexity index is 1000. The molecule has 0 aliphatic heterocycles. The largest absolute Gasteiger partial charge is 0.507 e. The van der Waals surface area contributed by atoms with Crippen molar-refractivity contribution in [3.63, 3.8) is 0 Å². The molecule has 5 nitrogen and oxygen atoms in total. The smallest absolute Gasteiger partial charge is 0.230 e. The summed E-state index contributed by atoms with van der Waals surface area (Å²) in [4.78, 5) is 28.2. The molecular formula is C17H12F2N2O3S. The standard InChI is InChI=1S/C17H12F2N2O3S/c1-9(22)21-14-7-12(19)11(18)6-13(14)20-17(21)25-8-16(24)10-4-2-3-5-15(10)23/h2-7,23H,8H2,1H3. The molecule has 2 aromatic carbocycles. The summed E-state index contributed by atoms with van der Waals surface area (Å²) in [5.74, 6) is -3.19. The average molecular weight is 362 g/mol. The van der Waals surface area contributed by atoms with Crippen molar-refractivity contribution in [2.75, 3.05) is 5.75 Å². The van der Waals surface area contributed by atoms with Crippen LogP contribution >= 0.6 is 11.8 Å². The topological polar surface area (TPSA) is 72.2 Å². The van der Waals surface area contributed by atoms with Gasteiger partial charge in [-0.3, -0.25) is 14.2 Å². The Morgan fingerprint density at radius 3 is 2.56 bits per heavy atom. The van der Waals surface area contributed by atoms with Gasteiger partial charge in [-0.1, -0.05) is 23.9 Å². The van der Waals surface area contributed by atoms with Gasteiger partial charge in [-0.15, -0.1) is 0 Å². The molecule has 0 aliphatic carbocycles. The minimum atomic E-state index is -1.09. The first kappa shape index (κ1) is 17.1. The van der Waals surface area contributed by atoms with Crippen LogP contribution in [-0.4, -0.2) is 32.1 Å². The predicted octanol–water partition coefficient (Wildman–Crippen LogP) is 3.66. The maximum atomic E-state index is 13.5. The number of fused-ring (bicyclic) bond motifs is 1. The van der Waals surface area contributed by atoms with Crippen molar-refractivity contribution in [3.05, 3.63) is 53.6 Å². The number of ketones is 1. The summed E-state index contributed by atoms with van der Waals surface area (Å²) in [6, 6.07) is 7.89. The van der Waals surface area contributed by atoms with Crippen molar-refractivity contribution in [1.82, 2.24) is 9.55 Å². The number of phenolic OH excluding ortho intramolecular Hbond substituents is 1. The van der Waals surface area contributed by atoms with Crippen LogP contribution in [0.2, 0.25) is 0 Å². The number of rotatable bonds is 4. The minimum Gasteiger partial charge on any atom is -0.507 e. The highest BCUT2D eigenvalue weighted by Crippen LogP contribution is 2.27.